The highest BCUT2D eigenvalue weighted by Crippen LogP contribution is 2.37. The fourth-order valence-electron chi connectivity index (χ4n) is 2.34. The lowest BCUT2D eigenvalue weighted by atomic mass is 10.2. The average Bonchev–Trinajstić information content (AvgIpc) is 3.00. The van der Waals surface area contributed by atoms with Gasteiger partial charge in [-0.2, -0.15) is 5.10 Å². The molecule has 1 aliphatic rings. The minimum atomic E-state index is -0.256. The smallest absolute Gasteiger partial charge is 0.267 e. The van der Waals surface area contributed by atoms with E-state index in [4.69, 9.17) is 0 Å². The van der Waals surface area contributed by atoms with E-state index in [0.717, 1.165) is 11.3 Å². The van der Waals surface area contributed by atoms with Gasteiger partial charge in [0.2, 0.25) is 5.91 Å². The Kier molecular flexibility index (Phi) is 4.06. The molecule has 1 saturated heterocycles. The van der Waals surface area contributed by atoms with Crippen LogP contribution in [0.3, 0.4) is 0 Å². The van der Waals surface area contributed by atoms with Crippen LogP contribution in [0, 0.1) is 0 Å². The van der Waals surface area contributed by atoms with Crippen LogP contribution in [0.2, 0.25) is 0 Å². The van der Waals surface area contributed by atoms with Crippen LogP contribution in [0.15, 0.2) is 53.5 Å². The summed E-state index contributed by atoms with van der Waals surface area (Å²) < 4.78 is 1.20. The molecule has 1 fully saturated rings. The highest BCUT2D eigenvalue weighted by molar-refractivity contribution is 7.99. The minimum Gasteiger partial charge on any atom is -0.324 e. The molecule has 5 nitrogen and oxygen atoms in total. The molecule has 1 aromatic carbocycles. The first-order valence-electron chi connectivity index (χ1n) is 6.74. The summed E-state index contributed by atoms with van der Waals surface area (Å²) >= 11 is 1.74. The van der Waals surface area contributed by atoms with E-state index >= 15 is 0 Å². The lowest BCUT2D eigenvalue weighted by molar-refractivity contribution is -0.132. The predicted octanol–water partition coefficient (Wildman–Crippen LogP) is 1.52. The van der Waals surface area contributed by atoms with Gasteiger partial charge in [-0.15, -0.1) is 11.8 Å². The van der Waals surface area contributed by atoms with E-state index in [9.17, 15) is 9.59 Å². The standard InChI is InChI=1S/C15H15N3O2S/c19-13-7-4-8-16-18(13)11-14(20)17-9-10-21-15(17)12-5-2-1-3-6-12/h1-8,15H,9-11H2. The molecule has 0 N–H and O–H groups in total. The lowest BCUT2D eigenvalue weighted by Gasteiger charge is -2.24. The van der Waals surface area contributed by atoms with Crippen molar-refractivity contribution in [1.82, 2.24) is 14.7 Å². The van der Waals surface area contributed by atoms with E-state index in [1.54, 1.807) is 17.8 Å². The predicted molar refractivity (Wildman–Crippen MR) is 81.9 cm³/mol. The zero-order chi connectivity index (χ0) is 14.7. The Labute approximate surface area is 126 Å². The number of carbonyl (C=O) groups excluding carboxylic acids is 1. The van der Waals surface area contributed by atoms with Gasteiger partial charge in [-0.05, 0) is 11.6 Å². The maximum absolute atomic E-state index is 12.5. The van der Waals surface area contributed by atoms with Crippen molar-refractivity contribution >= 4 is 17.7 Å². The molecule has 3 rings (SSSR count). The summed E-state index contributed by atoms with van der Waals surface area (Å²) in [6.45, 7) is 0.689. The Hall–Kier alpha value is -2.08. The van der Waals surface area contributed by atoms with Crippen molar-refractivity contribution in [2.75, 3.05) is 12.3 Å². The molecule has 6 heteroatoms. The molecule has 1 unspecified atom stereocenters. The Bertz CT molecular complexity index is 687. The molecule has 0 saturated carbocycles. The molecule has 1 aliphatic heterocycles. The zero-order valence-corrected chi connectivity index (χ0v) is 12.2. The zero-order valence-electron chi connectivity index (χ0n) is 11.4. The van der Waals surface area contributed by atoms with Crippen LogP contribution in [0.4, 0.5) is 0 Å². The summed E-state index contributed by atoms with van der Waals surface area (Å²) in [5.74, 6) is 0.831. The van der Waals surface area contributed by atoms with Crippen molar-refractivity contribution in [2.24, 2.45) is 0 Å². The highest BCUT2D eigenvalue weighted by atomic mass is 32.2. The average molecular weight is 301 g/mol. The largest absolute Gasteiger partial charge is 0.324 e. The number of hydrogen-bond donors (Lipinski definition) is 0. The maximum Gasteiger partial charge on any atom is 0.267 e. The minimum absolute atomic E-state index is 0.0104. The van der Waals surface area contributed by atoms with Crippen LogP contribution < -0.4 is 5.56 Å². The number of aromatic nitrogens is 2. The van der Waals surface area contributed by atoms with Crippen LogP contribution in [-0.4, -0.2) is 32.9 Å². The van der Waals surface area contributed by atoms with Gasteiger partial charge in [-0.3, -0.25) is 9.59 Å². The Morgan fingerprint density at radius 3 is 2.81 bits per heavy atom. The van der Waals surface area contributed by atoms with E-state index < -0.39 is 0 Å². The second-order valence-corrected chi connectivity index (χ2v) is 5.93. The van der Waals surface area contributed by atoms with Gasteiger partial charge in [-0.25, -0.2) is 4.68 Å². The van der Waals surface area contributed by atoms with E-state index in [1.807, 2.05) is 35.2 Å². The van der Waals surface area contributed by atoms with Gasteiger partial charge in [0, 0.05) is 24.6 Å². The molecule has 0 bridgehead atoms. The summed E-state index contributed by atoms with van der Waals surface area (Å²) in [4.78, 5) is 25.9. The Morgan fingerprint density at radius 1 is 1.24 bits per heavy atom. The number of carbonyl (C=O) groups is 1. The van der Waals surface area contributed by atoms with E-state index in [1.165, 1.54) is 16.9 Å². The molecule has 1 atom stereocenters. The topological polar surface area (TPSA) is 55.2 Å². The van der Waals surface area contributed by atoms with Crippen LogP contribution in [-0.2, 0) is 11.3 Å². The lowest BCUT2D eigenvalue weighted by Crippen LogP contribution is -2.36. The number of nitrogens with zero attached hydrogens (tertiary/aromatic N) is 3. The first-order chi connectivity index (χ1) is 10.3. The van der Waals surface area contributed by atoms with Gasteiger partial charge < -0.3 is 4.90 Å². The summed E-state index contributed by atoms with van der Waals surface area (Å²) in [7, 11) is 0. The van der Waals surface area contributed by atoms with E-state index in [-0.39, 0.29) is 23.4 Å². The molecule has 1 aromatic heterocycles. The van der Waals surface area contributed by atoms with Crippen LogP contribution in [0.5, 0.6) is 0 Å². The third-order valence-corrected chi connectivity index (χ3v) is 4.63. The van der Waals surface area contributed by atoms with Crippen LogP contribution >= 0.6 is 11.8 Å². The van der Waals surface area contributed by atoms with Crippen molar-refractivity contribution in [3.05, 3.63) is 64.6 Å². The molecule has 0 radical (unpaired) electrons. The van der Waals surface area contributed by atoms with E-state index in [2.05, 4.69) is 5.10 Å². The first kappa shape index (κ1) is 13.9. The number of amides is 1. The summed E-state index contributed by atoms with van der Waals surface area (Å²) in [5, 5.41) is 3.96. The molecular weight excluding hydrogens is 286 g/mol. The summed E-state index contributed by atoms with van der Waals surface area (Å²) in [6, 6.07) is 12.9. The van der Waals surface area contributed by atoms with E-state index in [0.29, 0.717) is 6.54 Å². The molecule has 2 heterocycles. The van der Waals surface area contributed by atoms with Crippen molar-refractivity contribution < 1.29 is 4.79 Å². The SMILES string of the molecule is O=C(Cn1ncccc1=O)N1CCSC1c1ccccc1. The van der Waals surface area contributed by atoms with Crippen molar-refractivity contribution in [2.45, 2.75) is 11.9 Å². The third-order valence-electron chi connectivity index (χ3n) is 3.37. The second-order valence-electron chi connectivity index (χ2n) is 4.74. The normalized spacial score (nSPS) is 17.9. The van der Waals surface area contributed by atoms with Crippen LogP contribution in [0.25, 0.3) is 0 Å². The van der Waals surface area contributed by atoms with Gasteiger partial charge in [0.05, 0.1) is 0 Å². The summed E-state index contributed by atoms with van der Waals surface area (Å²) in [5.41, 5.74) is 0.857. The Balaban J connectivity index is 1.78. The fourth-order valence-corrected chi connectivity index (χ4v) is 3.62. The molecule has 0 spiro atoms. The first-order valence-corrected chi connectivity index (χ1v) is 7.79. The quantitative estimate of drug-likeness (QED) is 0.862. The van der Waals surface area contributed by atoms with Gasteiger partial charge in [0.1, 0.15) is 11.9 Å². The number of thioether (sulfide) groups is 1. The molecule has 1 amide bonds. The van der Waals surface area contributed by atoms with Crippen molar-refractivity contribution in [3.63, 3.8) is 0 Å². The van der Waals surface area contributed by atoms with Gasteiger partial charge in [-0.1, -0.05) is 30.3 Å². The monoisotopic (exact) mass is 301 g/mol. The molecular formula is C15H15N3O2S. The van der Waals surface area contributed by atoms with Gasteiger partial charge >= 0.3 is 0 Å². The molecule has 2 aromatic rings. The van der Waals surface area contributed by atoms with Gasteiger partial charge in [0.15, 0.2) is 0 Å². The molecule has 0 aliphatic carbocycles. The Morgan fingerprint density at radius 2 is 2.05 bits per heavy atom. The number of benzene rings is 1. The molecule has 21 heavy (non-hydrogen) atoms. The highest BCUT2D eigenvalue weighted by Gasteiger charge is 2.30. The van der Waals surface area contributed by atoms with Crippen LogP contribution in [0.1, 0.15) is 10.9 Å². The number of rotatable bonds is 3. The fraction of sp³-hybridized carbons (Fsp3) is 0.267. The number of hydrogen-bond acceptors (Lipinski definition) is 4. The van der Waals surface area contributed by atoms with Gasteiger partial charge in [0.25, 0.3) is 5.56 Å². The summed E-state index contributed by atoms with van der Waals surface area (Å²) in [6.07, 6.45) is 1.52. The second kappa shape index (κ2) is 6.13. The van der Waals surface area contributed by atoms with Crippen molar-refractivity contribution in [1.29, 1.82) is 0 Å². The third kappa shape index (κ3) is 3.00. The molecule has 108 valence electrons. The van der Waals surface area contributed by atoms with Crippen molar-refractivity contribution in [3.8, 4) is 0 Å². The maximum atomic E-state index is 12.5.